The van der Waals surface area contributed by atoms with Gasteiger partial charge in [-0.3, -0.25) is 19.5 Å². The minimum absolute atomic E-state index is 0.112. The van der Waals surface area contributed by atoms with Crippen LogP contribution in [0.2, 0.25) is 0 Å². The molecule has 8 nitrogen and oxygen atoms in total. The highest BCUT2D eigenvalue weighted by molar-refractivity contribution is 5.85. The van der Waals surface area contributed by atoms with Gasteiger partial charge < -0.3 is 10.5 Å². The van der Waals surface area contributed by atoms with Gasteiger partial charge in [0, 0.05) is 18.5 Å². The molecule has 0 spiro atoms. The van der Waals surface area contributed by atoms with E-state index in [1.165, 1.54) is 18.9 Å². The summed E-state index contributed by atoms with van der Waals surface area (Å²) in [5.74, 6) is 1.05. The summed E-state index contributed by atoms with van der Waals surface area (Å²) in [6.45, 7) is 3.89. The first-order valence-corrected chi connectivity index (χ1v) is 10.2. The Kier molecular flexibility index (Phi) is 5.36. The highest BCUT2D eigenvalue weighted by atomic mass is 16.5. The maximum absolute atomic E-state index is 12.6. The van der Waals surface area contributed by atoms with Crippen LogP contribution in [0.3, 0.4) is 0 Å². The molecule has 8 heteroatoms. The number of hydrogen-bond acceptors (Lipinski definition) is 6. The molecule has 2 aliphatic rings. The number of ether oxygens (including phenoxy) is 1. The van der Waals surface area contributed by atoms with Crippen molar-refractivity contribution in [3.63, 3.8) is 0 Å². The van der Waals surface area contributed by atoms with Gasteiger partial charge in [-0.1, -0.05) is 0 Å². The fourth-order valence-electron chi connectivity index (χ4n) is 3.90. The van der Waals surface area contributed by atoms with Crippen molar-refractivity contribution >= 4 is 5.91 Å². The van der Waals surface area contributed by atoms with Gasteiger partial charge in [0.05, 0.1) is 24.2 Å². The monoisotopic (exact) mass is 397 g/mol. The van der Waals surface area contributed by atoms with Gasteiger partial charge in [0.25, 0.3) is 5.56 Å². The van der Waals surface area contributed by atoms with E-state index in [0.29, 0.717) is 30.5 Å². The summed E-state index contributed by atoms with van der Waals surface area (Å²) in [5, 5.41) is 6.67. The van der Waals surface area contributed by atoms with Gasteiger partial charge in [-0.25, -0.2) is 5.10 Å². The molecule has 3 heterocycles. The third-order valence-corrected chi connectivity index (χ3v) is 6.07. The minimum atomic E-state index is -1.03. The number of carbonyl (C=O) groups excluding carboxylic acids is 1. The molecule has 1 amide bonds. The van der Waals surface area contributed by atoms with E-state index in [0.717, 1.165) is 25.1 Å². The number of nitrogens with one attached hydrogen (secondary N) is 1. The Morgan fingerprint density at radius 3 is 2.76 bits per heavy atom. The molecule has 1 saturated carbocycles. The highest BCUT2D eigenvalue weighted by Gasteiger charge is 2.43. The van der Waals surface area contributed by atoms with Crippen molar-refractivity contribution in [3.8, 4) is 5.75 Å². The fourth-order valence-corrected chi connectivity index (χ4v) is 3.90. The van der Waals surface area contributed by atoms with E-state index >= 15 is 0 Å². The maximum atomic E-state index is 12.6. The third-order valence-electron chi connectivity index (χ3n) is 6.07. The SMILES string of the molecule is CC(C(N)=O)(c1ccc(OCC2CC2)cn1)N1CCC[C@@H](c2ccc(=O)[nH]n2)C1. The molecule has 2 aromatic rings. The van der Waals surface area contributed by atoms with Crippen LogP contribution in [0.1, 0.15) is 49.9 Å². The van der Waals surface area contributed by atoms with Gasteiger partial charge in [0.2, 0.25) is 5.91 Å². The minimum Gasteiger partial charge on any atom is -0.492 e. The van der Waals surface area contributed by atoms with E-state index in [1.807, 2.05) is 19.1 Å². The van der Waals surface area contributed by atoms with E-state index in [9.17, 15) is 9.59 Å². The van der Waals surface area contributed by atoms with Crippen LogP contribution >= 0.6 is 0 Å². The first-order chi connectivity index (χ1) is 14.0. The first kappa shape index (κ1) is 19.6. The summed E-state index contributed by atoms with van der Waals surface area (Å²) in [7, 11) is 0. The average Bonchev–Trinajstić information content (AvgIpc) is 3.57. The third kappa shape index (κ3) is 4.17. The zero-order valence-corrected chi connectivity index (χ0v) is 16.6. The number of piperidine rings is 1. The topological polar surface area (TPSA) is 114 Å². The summed E-state index contributed by atoms with van der Waals surface area (Å²) in [6.07, 6.45) is 5.96. The molecule has 154 valence electrons. The number of nitrogens with zero attached hydrogens (tertiary/aromatic N) is 3. The fraction of sp³-hybridized carbons (Fsp3) is 0.524. The van der Waals surface area contributed by atoms with Gasteiger partial charge >= 0.3 is 0 Å². The summed E-state index contributed by atoms with van der Waals surface area (Å²) in [5.41, 5.74) is 6.04. The van der Waals surface area contributed by atoms with Crippen LogP contribution in [0.5, 0.6) is 5.75 Å². The quantitative estimate of drug-likeness (QED) is 0.732. The van der Waals surface area contributed by atoms with Crippen molar-refractivity contribution in [1.82, 2.24) is 20.1 Å². The summed E-state index contributed by atoms with van der Waals surface area (Å²) < 4.78 is 5.76. The molecule has 1 aliphatic heterocycles. The number of carbonyl (C=O) groups is 1. The lowest BCUT2D eigenvalue weighted by Crippen LogP contribution is -2.56. The predicted molar refractivity (Wildman–Crippen MR) is 107 cm³/mol. The molecule has 2 aromatic heterocycles. The molecule has 1 aliphatic carbocycles. The Morgan fingerprint density at radius 1 is 1.31 bits per heavy atom. The summed E-state index contributed by atoms with van der Waals surface area (Å²) in [4.78, 5) is 30.5. The van der Waals surface area contributed by atoms with Crippen molar-refractivity contribution in [1.29, 1.82) is 0 Å². The Labute approximate surface area is 169 Å². The molecule has 0 radical (unpaired) electrons. The lowest BCUT2D eigenvalue weighted by molar-refractivity contribution is -0.131. The number of primary amides is 1. The molecule has 3 N–H and O–H groups in total. The molecule has 29 heavy (non-hydrogen) atoms. The Balaban J connectivity index is 1.54. The van der Waals surface area contributed by atoms with Gasteiger partial charge in [-0.15, -0.1) is 0 Å². The van der Waals surface area contributed by atoms with Gasteiger partial charge in [0.1, 0.15) is 11.3 Å². The zero-order valence-electron chi connectivity index (χ0n) is 16.6. The number of amides is 1. The number of aromatic amines is 1. The smallest absolute Gasteiger partial charge is 0.264 e. The summed E-state index contributed by atoms with van der Waals surface area (Å²) in [6, 6.07) is 6.92. The number of H-pyrrole nitrogens is 1. The Bertz CT molecular complexity index is 904. The highest BCUT2D eigenvalue weighted by Crippen LogP contribution is 2.35. The number of hydrogen-bond donors (Lipinski definition) is 2. The summed E-state index contributed by atoms with van der Waals surface area (Å²) >= 11 is 0. The number of rotatable bonds is 7. The molecule has 2 fully saturated rings. The second-order valence-electron chi connectivity index (χ2n) is 8.20. The number of aromatic nitrogens is 3. The van der Waals surface area contributed by atoms with Gasteiger partial charge in [-0.05, 0) is 63.3 Å². The molecule has 2 atom stereocenters. The Morgan fingerprint density at radius 2 is 2.14 bits per heavy atom. The molecule has 4 rings (SSSR count). The van der Waals surface area contributed by atoms with Gasteiger partial charge in [0.15, 0.2) is 0 Å². The van der Waals surface area contributed by atoms with Crippen molar-refractivity contribution < 1.29 is 9.53 Å². The van der Waals surface area contributed by atoms with Crippen LogP contribution in [0, 0.1) is 5.92 Å². The molecule has 0 bridgehead atoms. The van der Waals surface area contributed by atoms with E-state index < -0.39 is 11.4 Å². The lowest BCUT2D eigenvalue weighted by atomic mass is 9.87. The Hall–Kier alpha value is -2.74. The molecule has 0 aromatic carbocycles. The van der Waals surface area contributed by atoms with E-state index in [2.05, 4.69) is 20.1 Å². The van der Waals surface area contributed by atoms with Crippen molar-refractivity contribution in [3.05, 3.63) is 52.2 Å². The van der Waals surface area contributed by atoms with Crippen LogP contribution in [0.25, 0.3) is 0 Å². The standard InChI is InChI=1S/C21H27N5O3/c1-21(20(22)28,18-8-6-16(11-23-18)29-13-14-4-5-14)26-10-2-3-15(12-26)17-7-9-19(27)25-24-17/h6-9,11,14-15H,2-5,10,12-13H2,1H3,(H2,22,28)(H,25,27)/t15-,21?/m1/s1. The molecular weight excluding hydrogens is 370 g/mol. The van der Waals surface area contributed by atoms with E-state index in [-0.39, 0.29) is 11.5 Å². The normalized spacial score (nSPS) is 22.0. The van der Waals surface area contributed by atoms with Crippen molar-refractivity contribution in [2.24, 2.45) is 11.7 Å². The molecule has 1 saturated heterocycles. The molecule has 1 unspecified atom stereocenters. The zero-order chi connectivity index (χ0) is 20.4. The number of pyridine rings is 1. The number of nitrogens with two attached hydrogens (primary N) is 1. The lowest BCUT2D eigenvalue weighted by Gasteiger charge is -2.43. The van der Waals surface area contributed by atoms with Crippen molar-refractivity contribution in [2.45, 2.75) is 44.1 Å². The van der Waals surface area contributed by atoms with Crippen LogP contribution in [-0.2, 0) is 10.3 Å². The van der Waals surface area contributed by atoms with E-state index in [4.69, 9.17) is 10.5 Å². The maximum Gasteiger partial charge on any atom is 0.264 e. The predicted octanol–water partition coefficient (Wildman–Crippen LogP) is 1.53. The number of likely N-dealkylation sites (tertiary alicyclic amines) is 1. The van der Waals surface area contributed by atoms with Crippen LogP contribution in [0.15, 0.2) is 35.3 Å². The average molecular weight is 397 g/mol. The molecular formula is C21H27N5O3. The van der Waals surface area contributed by atoms with Crippen LogP contribution < -0.4 is 16.0 Å². The van der Waals surface area contributed by atoms with Gasteiger partial charge in [-0.2, -0.15) is 5.10 Å². The van der Waals surface area contributed by atoms with Crippen molar-refractivity contribution in [2.75, 3.05) is 19.7 Å². The van der Waals surface area contributed by atoms with Crippen LogP contribution in [0.4, 0.5) is 0 Å². The largest absolute Gasteiger partial charge is 0.492 e. The van der Waals surface area contributed by atoms with E-state index in [1.54, 1.807) is 12.3 Å². The second kappa shape index (κ2) is 7.94. The van der Waals surface area contributed by atoms with Crippen LogP contribution in [-0.4, -0.2) is 45.7 Å². The second-order valence-corrected chi connectivity index (χ2v) is 8.20. The first-order valence-electron chi connectivity index (χ1n) is 10.2.